The van der Waals surface area contributed by atoms with Crippen molar-refractivity contribution >= 4 is 23.0 Å². The van der Waals surface area contributed by atoms with Crippen LogP contribution in [0.15, 0.2) is 29.8 Å². The number of pyridine rings is 1. The predicted molar refractivity (Wildman–Crippen MR) is 72.7 cm³/mol. The average molecular weight is 248 g/mol. The number of thiazole rings is 1. The van der Waals surface area contributed by atoms with Gasteiger partial charge in [0.05, 0.1) is 5.01 Å². The third-order valence-electron chi connectivity index (χ3n) is 2.24. The van der Waals surface area contributed by atoms with Crippen molar-refractivity contribution < 1.29 is 0 Å². The van der Waals surface area contributed by atoms with Crippen molar-refractivity contribution in [3.8, 4) is 0 Å². The van der Waals surface area contributed by atoms with Crippen molar-refractivity contribution in [1.29, 1.82) is 0 Å². The summed E-state index contributed by atoms with van der Waals surface area (Å²) in [5.74, 6) is 1.81. The molecule has 0 aliphatic rings. The van der Waals surface area contributed by atoms with E-state index in [1.165, 1.54) is 0 Å². The highest BCUT2D eigenvalue weighted by Gasteiger charge is 1.98. The Bertz CT molecular complexity index is 442. The number of rotatable bonds is 6. The summed E-state index contributed by atoms with van der Waals surface area (Å²) in [4.78, 5) is 8.68. The van der Waals surface area contributed by atoms with Crippen LogP contribution >= 0.6 is 11.3 Å². The molecular weight excluding hydrogens is 232 g/mol. The summed E-state index contributed by atoms with van der Waals surface area (Å²) in [6.45, 7) is 3.80. The molecule has 2 N–H and O–H groups in total. The molecule has 0 fully saturated rings. The van der Waals surface area contributed by atoms with Gasteiger partial charge in [-0.25, -0.2) is 9.97 Å². The Kier molecular flexibility index (Phi) is 4.32. The van der Waals surface area contributed by atoms with Crippen molar-refractivity contribution in [2.45, 2.75) is 13.3 Å². The van der Waals surface area contributed by atoms with E-state index in [0.717, 1.165) is 36.2 Å². The van der Waals surface area contributed by atoms with Gasteiger partial charge < -0.3 is 10.6 Å². The smallest absolute Gasteiger partial charge is 0.128 e. The lowest BCUT2D eigenvalue weighted by molar-refractivity contribution is 0.987. The number of anilines is 2. The molecule has 0 atom stereocenters. The fraction of sp³-hybridized carbons (Fsp3) is 0.333. The van der Waals surface area contributed by atoms with Crippen molar-refractivity contribution in [1.82, 2.24) is 9.97 Å². The van der Waals surface area contributed by atoms with Crippen LogP contribution in [0, 0.1) is 0 Å². The first-order valence-corrected chi connectivity index (χ1v) is 6.59. The second-order valence-electron chi connectivity index (χ2n) is 3.54. The molecule has 0 radical (unpaired) electrons. The zero-order valence-electron chi connectivity index (χ0n) is 9.81. The van der Waals surface area contributed by atoms with E-state index < -0.39 is 0 Å². The Morgan fingerprint density at radius 3 is 2.76 bits per heavy atom. The predicted octanol–water partition coefficient (Wildman–Crippen LogP) is 2.62. The molecule has 0 aliphatic heterocycles. The van der Waals surface area contributed by atoms with Crippen LogP contribution in [0.5, 0.6) is 0 Å². The molecule has 2 aromatic rings. The average Bonchev–Trinajstić information content (AvgIpc) is 2.83. The van der Waals surface area contributed by atoms with E-state index in [0.29, 0.717) is 0 Å². The van der Waals surface area contributed by atoms with Crippen LogP contribution < -0.4 is 10.6 Å². The van der Waals surface area contributed by atoms with E-state index in [1.807, 2.05) is 29.8 Å². The molecule has 0 amide bonds. The molecule has 0 aliphatic carbocycles. The number of nitrogens with zero attached hydrogens (tertiary/aromatic N) is 2. The normalized spacial score (nSPS) is 10.2. The van der Waals surface area contributed by atoms with E-state index in [-0.39, 0.29) is 0 Å². The summed E-state index contributed by atoms with van der Waals surface area (Å²) in [5.41, 5.74) is 0. The van der Waals surface area contributed by atoms with Gasteiger partial charge in [-0.2, -0.15) is 0 Å². The number of aromatic nitrogens is 2. The minimum Gasteiger partial charge on any atom is -0.370 e. The minimum atomic E-state index is 0.857. The van der Waals surface area contributed by atoms with Crippen molar-refractivity contribution in [3.05, 3.63) is 34.8 Å². The molecule has 17 heavy (non-hydrogen) atoms. The van der Waals surface area contributed by atoms with Gasteiger partial charge >= 0.3 is 0 Å². The molecule has 0 saturated heterocycles. The zero-order chi connectivity index (χ0) is 11.9. The molecule has 0 spiro atoms. The Morgan fingerprint density at radius 1 is 1.24 bits per heavy atom. The lowest BCUT2D eigenvalue weighted by Gasteiger charge is -2.07. The van der Waals surface area contributed by atoms with Gasteiger partial charge in [-0.3, -0.25) is 0 Å². The Labute approximate surface area is 105 Å². The fourth-order valence-electron chi connectivity index (χ4n) is 1.49. The Balaban J connectivity index is 1.84. The highest BCUT2D eigenvalue weighted by Crippen LogP contribution is 2.09. The van der Waals surface area contributed by atoms with Gasteiger partial charge in [0, 0.05) is 31.1 Å². The van der Waals surface area contributed by atoms with Crippen LogP contribution in [0.4, 0.5) is 11.6 Å². The van der Waals surface area contributed by atoms with Gasteiger partial charge in [-0.1, -0.05) is 6.07 Å². The second kappa shape index (κ2) is 6.20. The van der Waals surface area contributed by atoms with Crippen LogP contribution in [0.2, 0.25) is 0 Å². The SMILES string of the molecule is CCNc1cccc(NCCc2nccs2)n1. The summed E-state index contributed by atoms with van der Waals surface area (Å²) in [6.07, 6.45) is 2.77. The third kappa shape index (κ3) is 3.71. The van der Waals surface area contributed by atoms with Crippen molar-refractivity contribution in [2.75, 3.05) is 23.7 Å². The number of hydrogen-bond acceptors (Lipinski definition) is 5. The number of nitrogens with one attached hydrogen (secondary N) is 2. The van der Waals surface area contributed by atoms with Crippen LogP contribution in [0.25, 0.3) is 0 Å². The maximum atomic E-state index is 4.44. The highest BCUT2D eigenvalue weighted by atomic mass is 32.1. The maximum Gasteiger partial charge on any atom is 0.128 e. The summed E-state index contributed by atoms with van der Waals surface area (Å²) in [6, 6.07) is 5.94. The molecule has 2 heterocycles. The van der Waals surface area contributed by atoms with Gasteiger partial charge in [-0.15, -0.1) is 11.3 Å². The van der Waals surface area contributed by atoms with Crippen LogP contribution in [0.3, 0.4) is 0 Å². The summed E-state index contributed by atoms with van der Waals surface area (Å²) in [5, 5.41) is 9.64. The van der Waals surface area contributed by atoms with E-state index in [4.69, 9.17) is 0 Å². The quantitative estimate of drug-likeness (QED) is 0.825. The van der Waals surface area contributed by atoms with Crippen molar-refractivity contribution in [3.63, 3.8) is 0 Å². The molecule has 0 unspecified atom stereocenters. The summed E-state index contributed by atoms with van der Waals surface area (Å²) < 4.78 is 0. The largest absolute Gasteiger partial charge is 0.370 e. The van der Waals surface area contributed by atoms with Gasteiger partial charge in [-0.05, 0) is 19.1 Å². The van der Waals surface area contributed by atoms with Crippen LogP contribution in [-0.4, -0.2) is 23.1 Å². The molecule has 5 heteroatoms. The fourth-order valence-corrected chi connectivity index (χ4v) is 2.11. The molecule has 0 saturated carbocycles. The Hall–Kier alpha value is -1.62. The summed E-state index contributed by atoms with van der Waals surface area (Å²) in [7, 11) is 0. The Morgan fingerprint density at radius 2 is 2.06 bits per heavy atom. The van der Waals surface area contributed by atoms with E-state index in [2.05, 4.69) is 27.5 Å². The van der Waals surface area contributed by atoms with Gasteiger partial charge in [0.2, 0.25) is 0 Å². The summed E-state index contributed by atoms with van der Waals surface area (Å²) >= 11 is 1.69. The van der Waals surface area contributed by atoms with Gasteiger partial charge in [0.15, 0.2) is 0 Å². The molecular formula is C12H16N4S. The lowest BCUT2D eigenvalue weighted by Crippen LogP contribution is -2.07. The first kappa shape index (κ1) is 11.9. The van der Waals surface area contributed by atoms with Gasteiger partial charge in [0.1, 0.15) is 11.6 Å². The highest BCUT2D eigenvalue weighted by molar-refractivity contribution is 7.09. The first-order chi connectivity index (χ1) is 8.38. The molecule has 90 valence electrons. The monoisotopic (exact) mass is 248 g/mol. The maximum absolute atomic E-state index is 4.44. The number of hydrogen-bond donors (Lipinski definition) is 2. The standard InChI is InChI=1S/C12H16N4S/c1-2-13-10-4-3-5-11(16-10)14-7-6-12-15-8-9-17-12/h3-5,8-9H,2,6-7H2,1H3,(H2,13,14,16). The topological polar surface area (TPSA) is 49.8 Å². The van der Waals surface area contributed by atoms with Crippen LogP contribution in [0.1, 0.15) is 11.9 Å². The zero-order valence-corrected chi connectivity index (χ0v) is 10.6. The van der Waals surface area contributed by atoms with Gasteiger partial charge in [0.25, 0.3) is 0 Å². The molecule has 2 aromatic heterocycles. The molecule has 0 bridgehead atoms. The van der Waals surface area contributed by atoms with E-state index >= 15 is 0 Å². The van der Waals surface area contributed by atoms with E-state index in [1.54, 1.807) is 11.3 Å². The molecule has 4 nitrogen and oxygen atoms in total. The third-order valence-corrected chi connectivity index (χ3v) is 3.07. The molecule has 2 rings (SSSR count). The van der Waals surface area contributed by atoms with Crippen LogP contribution in [-0.2, 0) is 6.42 Å². The minimum absolute atomic E-state index is 0.857. The first-order valence-electron chi connectivity index (χ1n) is 5.71. The lowest BCUT2D eigenvalue weighted by atomic mass is 10.4. The molecule has 0 aromatic carbocycles. The second-order valence-corrected chi connectivity index (χ2v) is 4.52. The van der Waals surface area contributed by atoms with E-state index in [9.17, 15) is 0 Å². The van der Waals surface area contributed by atoms with Crippen molar-refractivity contribution in [2.24, 2.45) is 0 Å².